The van der Waals surface area contributed by atoms with E-state index in [1.807, 2.05) is 18.3 Å². The predicted molar refractivity (Wildman–Crippen MR) is 99.5 cm³/mol. The first-order valence-corrected chi connectivity index (χ1v) is 8.25. The zero-order valence-corrected chi connectivity index (χ0v) is 14.0. The first kappa shape index (κ1) is 15.3. The Morgan fingerprint density at radius 2 is 1.68 bits per heavy atom. The molecule has 0 bridgehead atoms. The van der Waals surface area contributed by atoms with Crippen molar-refractivity contribution in [3.8, 4) is 28.3 Å². The highest BCUT2D eigenvalue weighted by atomic mass is 16.3. The molecule has 124 valence electrons. The molecule has 0 atom stereocenters. The van der Waals surface area contributed by atoms with E-state index in [0.717, 1.165) is 34.9 Å². The molecule has 0 saturated carbocycles. The Morgan fingerprint density at radius 1 is 0.880 bits per heavy atom. The van der Waals surface area contributed by atoms with Crippen molar-refractivity contribution in [3.63, 3.8) is 0 Å². The first-order valence-electron chi connectivity index (χ1n) is 8.25. The van der Waals surface area contributed by atoms with Crippen molar-refractivity contribution in [1.29, 1.82) is 0 Å². The van der Waals surface area contributed by atoms with Crippen molar-refractivity contribution in [2.24, 2.45) is 0 Å². The Morgan fingerprint density at radius 3 is 2.44 bits per heavy atom. The van der Waals surface area contributed by atoms with Crippen LogP contribution in [0.25, 0.3) is 22.5 Å². The van der Waals surface area contributed by atoms with Gasteiger partial charge in [0.25, 0.3) is 0 Å². The van der Waals surface area contributed by atoms with Gasteiger partial charge in [-0.3, -0.25) is 0 Å². The minimum atomic E-state index is 0.252. The number of phenolic OH excluding ortho intramolecular Hbond substituents is 1. The lowest BCUT2D eigenvalue weighted by atomic mass is 10.1. The molecule has 4 aromatic rings. The van der Waals surface area contributed by atoms with Crippen LogP contribution >= 0.6 is 0 Å². The molecule has 4 rings (SSSR count). The molecule has 0 aliphatic rings. The highest BCUT2D eigenvalue weighted by Gasteiger charge is 2.07. The van der Waals surface area contributed by atoms with E-state index in [1.54, 1.807) is 12.1 Å². The number of hydrogen-bond acceptors (Lipinski definition) is 2. The van der Waals surface area contributed by atoms with Gasteiger partial charge in [0.05, 0.1) is 11.9 Å². The van der Waals surface area contributed by atoms with Crippen molar-refractivity contribution in [2.75, 3.05) is 0 Å². The summed E-state index contributed by atoms with van der Waals surface area (Å²) >= 11 is 0. The highest BCUT2D eigenvalue weighted by Crippen LogP contribution is 2.23. The summed E-state index contributed by atoms with van der Waals surface area (Å²) in [6.07, 6.45) is 2.54. The molecule has 0 fully saturated rings. The summed E-state index contributed by atoms with van der Waals surface area (Å²) in [5.41, 5.74) is 6.48. The molecule has 0 saturated heterocycles. The Labute approximate surface area is 146 Å². The van der Waals surface area contributed by atoms with E-state index >= 15 is 0 Å². The monoisotopic (exact) mass is 329 g/mol. The SMILES string of the molecule is Cc1ccc(-c2cccc(Cc3ncc(-c4cccc(O)c4)[nH]3)c2)[nH]1. The fourth-order valence-corrected chi connectivity index (χ4v) is 2.99. The van der Waals surface area contributed by atoms with Crippen LogP contribution in [0.2, 0.25) is 0 Å². The Bertz CT molecular complexity index is 1010. The summed E-state index contributed by atoms with van der Waals surface area (Å²) in [6.45, 7) is 2.05. The average Bonchev–Trinajstić information content (AvgIpc) is 3.24. The van der Waals surface area contributed by atoms with Gasteiger partial charge < -0.3 is 15.1 Å². The van der Waals surface area contributed by atoms with Gasteiger partial charge in [0.15, 0.2) is 0 Å². The second kappa shape index (κ2) is 6.32. The van der Waals surface area contributed by atoms with E-state index in [2.05, 4.69) is 58.3 Å². The number of H-pyrrole nitrogens is 2. The third kappa shape index (κ3) is 3.33. The van der Waals surface area contributed by atoms with Crippen molar-refractivity contribution >= 4 is 0 Å². The molecule has 0 spiro atoms. The topological polar surface area (TPSA) is 64.7 Å². The molecule has 4 heteroatoms. The quantitative estimate of drug-likeness (QED) is 0.509. The summed E-state index contributed by atoms with van der Waals surface area (Å²) < 4.78 is 0. The molecule has 2 aromatic carbocycles. The number of benzene rings is 2. The van der Waals surface area contributed by atoms with Gasteiger partial charge in [0, 0.05) is 23.4 Å². The number of rotatable bonds is 4. The van der Waals surface area contributed by atoms with Gasteiger partial charge in [-0.2, -0.15) is 0 Å². The van der Waals surface area contributed by atoms with Crippen LogP contribution in [-0.2, 0) is 6.42 Å². The molecule has 3 N–H and O–H groups in total. The summed E-state index contributed by atoms with van der Waals surface area (Å²) in [5.74, 6) is 1.15. The number of aromatic amines is 2. The normalized spacial score (nSPS) is 10.9. The van der Waals surface area contributed by atoms with Crippen LogP contribution in [0.3, 0.4) is 0 Å². The van der Waals surface area contributed by atoms with Gasteiger partial charge in [0.1, 0.15) is 11.6 Å². The van der Waals surface area contributed by atoms with Crippen LogP contribution in [0, 0.1) is 6.92 Å². The third-order valence-electron chi connectivity index (χ3n) is 4.23. The summed E-state index contributed by atoms with van der Waals surface area (Å²) in [7, 11) is 0. The maximum Gasteiger partial charge on any atom is 0.116 e. The zero-order valence-electron chi connectivity index (χ0n) is 14.0. The lowest BCUT2D eigenvalue weighted by Crippen LogP contribution is -1.91. The van der Waals surface area contributed by atoms with E-state index in [9.17, 15) is 5.11 Å². The molecule has 0 radical (unpaired) electrons. The molecule has 25 heavy (non-hydrogen) atoms. The number of aromatic nitrogens is 3. The van der Waals surface area contributed by atoms with Crippen LogP contribution in [-0.4, -0.2) is 20.1 Å². The van der Waals surface area contributed by atoms with E-state index in [4.69, 9.17) is 0 Å². The number of imidazole rings is 1. The molecule has 0 aliphatic carbocycles. The summed E-state index contributed by atoms with van der Waals surface area (Å²) in [4.78, 5) is 11.2. The number of hydrogen-bond donors (Lipinski definition) is 3. The summed E-state index contributed by atoms with van der Waals surface area (Å²) in [6, 6.07) is 19.8. The van der Waals surface area contributed by atoms with E-state index in [1.165, 1.54) is 11.1 Å². The Balaban J connectivity index is 1.57. The van der Waals surface area contributed by atoms with Crippen LogP contribution in [0.4, 0.5) is 0 Å². The van der Waals surface area contributed by atoms with Gasteiger partial charge in [-0.25, -0.2) is 4.98 Å². The zero-order chi connectivity index (χ0) is 17.2. The molecule has 4 nitrogen and oxygen atoms in total. The molecular weight excluding hydrogens is 310 g/mol. The van der Waals surface area contributed by atoms with Crippen LogP contribution < -0.4 is 0 Å². The maximum absolute atomic E-state index is 9.62. The molecule has 0 unspecified atom stereocenters. The minimum absolute atomic E-state index is 0.252. The van der Waals surface area contributed by atoms with Gasteiger partial charge in [-0.05, 0) is 48.4 Å². The number of aryl methyl sites for hydroxylation is 1. The van der Waals surface area contributed by atoms with Gasteiger partial charge in [0.2, 0.25) is 0 Å². The van der Waals surface area contributed by atoms with Gasteiger partial charge >= 0.3 is 0 Å². The van der Waals surface area contributed by atoms with Crippen molar-refractivity contribution < 1.29 is 5.11 Å². The second-order valence-corrected chi connectivity index (χ2v) is 6.23. The number of phenols is 1. The van der Waals surface area contributed by atoms with Crippen molar-refractivity contribution in [2.45, 2.75) is 13.3 Å². The number of aromatic hydroxyl groups is 1. The van der Waals surface area contributed by atoms with Crippen LogP contribution in [0.5, 0.6) is 5.75 Å². The largest absolute Gasteiger partial charge is 0.508 e. The second-order valence-electron chi connectivity index (χ2n) is 6.23. The highest BCUT2D eigenvalue weighted by molar-refractivity contribution is 5.62. The number of nitrogens with zero attached hydrogens (tertiary/aromatic N) is 1. The van der Waals surface area contributed by atoms with E-state index < -0.39 is 0 Å². The van der Waals surface area contributed by atoms with E-state index in [0.29, 0.717) is 0 Å². The molecule has 2 heterocycles. The van der Waals surface area contributed by atoms with Crippen LogP contribution in [0.15, 0.2) is 66.9 Å². The number of nitrogens with one attached hydrogen (secondary N) is 2. The maximum atomic E-state index is 9.62. The predicted octanol–water partition coefficient (Wildman–Crippen LogP) is 4.68. The standard InChI is InChI=1S/C21H19N3O/c1-14-8-9-19(23-14)16-5-2-4-15(10-16)11-21-22-13-20(24-21)17-6-3-7-18(25)12-17/h2-10,12-13,23,25H,11H2,1H3,(H,22,24). The first-order chi connectivity index (χ1) is 12.2. The smallest absolute Gasteiger partial charge is 0.116 e. The van der Waals surface area contributed by atoms with Gasteiger partial charge in [-0.1, -0.05) is 30.3 Å². The molecule has 0 amide bonds. The van der Waals surface area contributed by atoms with Crippen LogP contribution in [0.1, 0.15) is 17.1 Å². The molecular formula is C21H19N3O. The minimum Gasteiger partial charge on any atom is -0.508 e. The van der Waals surface area contributed by atoms with Crippen molar-refractivity contribution in [1.82, 2.24) is 15.0 Å². The third-order valence-corrected chi connectivity index (χ3v) is 4.23. The fourth-order valence-electron chi connectivity index (χ4n) is 2.99. The van der Waals surface area contributed by atoms with Crippen molar-refractivity contribution in [3.05, 3.63) is 83.9 Å². The van der Waals surface area contributed by atoms with E-state index in [-0.39, 0.29) is 5.75 Å². The lowest BCUT2D eigenvalue weighted by molar-refractivity contribution is 0.475. The lowest BCUT2D eigenvalue weighted by Gasteiger charge is -2.03. The fraction of sp³-hybridized carbons (Fsp3) is 0.0952. The molecule has 2 aromatic heterocycles. The molecule has 0 aliphatic heterocycles. The Hall–Kier alpha value is -3.27. The summed E-state index contributed by atoms with van der Waals surface area (Å²) in [5, 5.41) is 9.62. The van der Waals surface area contributed by atoms with Gasteiger partial charge in [-0.15, -0.1) is 0 Å². The average molecular weight is 329 g/mol. The Kier molecular flexibility index (Phi) is 3.86.